The fraction of sp³-hybridized carbons (Fsp3) is 0.267. The third-order valence-electron chi connectivity index (χ3n) is 3.40. The molecule has 0 fully saturated rings. The molecule has 0 atom stereocenters. The van der Waals surface area contributed by atoms with Crippen molar-refractivity contribution in [3.8, 4) is 0 Å². The Morgan fingerprint density at radius 1 is 1.38 bits per heavy atom. The summed E-state index contributed by atoms with van der Waals surface area (Å²) in [4.78, 5) is 23.2. The maximum Gasteiger partial charge on any atom is 0.303 e. The van der Waals surface area contributed by atoms with Gasteiger partial charge in [0.05, 0.1) is 15.8 Å². The summed E-state index contributed by atoms with van der Waals surface area (Å²) in [6.45, 7) is 2.21. The molecule has 0 aliphatic rings. The number of hydrogen-bond donors (Lipinski definition) is 1. The first-order valence-electron chi connectivity index (χ1n) is 6.68. The fourth-order valence-corrected chi connectivity index (χ4v) is 3.58. The molecule has 0 bridgehead atoms. The van der Waals surface area contributed by atoms with Crippen molar-refractivity contribution in [2.24, 2.45) is 0 Å². The smallest absolute Gasteiger partial charge is 0.303 e. The van der Waals surface area contributed by atoms with Crippen LogP contribution in [0.25, 0.3) is 20.2 Å². The highest BCUT2D eigenvalue weighted by Crippen LogP contribution is 2.32. The minimum atomic E-state index is -0.859. The Balaban J connectivity index is 2.15. The number of rotatable bonds is 4. The van der Waals surface area contributed by atoms with E-state index in [2.05, 4.69) is 5.10 Å². The highest BCUT2D eigenvalue weighted by Gasteiger charge is 2.14. The van der Waals surface area contributed by atoms with Crippen LogP contribution in [0.15, 0.2) is 29.1 Å². The Kier molecular flexibility index (Phi) is 3.47. The number of fused-ring (bicyclic) bond motifs is 3. The van der Waals surface area contributed by atoms with Crippen molar-refractivity contribution in [1.82, 2.24) is 9.78 Å². The first-order chi connectivity index (χ1) is 10.1. The summed E-state index contributed by atoms with van der Waals surface area (Å²) in [5, 5.41) is 14.6. The molecule has 108 valence electrons. The molecule has 0 spiro atoms. The van der Waals surface area contributed by atoms with Crippen LogP contribution in [-0.4, -0.2) is 20.9 Å². The maximum absolute atomic E-state index is 12.6. The number of thiophene rings is 1. The Morgan fingerprint density at radius 2 is 2.14 bits per heavy atom. The topological polar surface area (TPSA) is 72.2 Å². The molecule has 0 saturated carbocycles. The molecule has 3 aromatic rings. The Hall–Kier alpha value is -2.21. The fourth-order valence-electron chi connectivity index (χ4n) is 2.45. The zero-order chi connectivity index (χ0) is 15.0. The van der Waals surface area contributed by atoms with E-state index < -0.39 is 5.97 Å². The van der Waals surface area contributed by atoms with Gasteiger partial charge in [-0.15, -0.1) is 11.3 Å². The lowest BCUT2D eigenvalue weighted by Gasteiger charge is -2.05. The van der Waals surface area contributed by atoms with Gasteiger partial charge in [-0.1, -0.05) is 18.2 Å². The van der Waals surface area contributed by atoms with Crippen LogP contribution in [0.3, 0.4) is 0 Å². The number of nitrogens with zero attached hydrogens (tertiary/aromatic N) is 2. The molecule has 0 amide bonds. The summed E-state index contributed by atoms with van der Waals surface area (Å²) >= 11 is 1.57. The van der Waals surface area contributed by atoms with Crippen LogP contribution in [0, 0.1) is 6.92 Å². The van der Waals surface area contributed by atoms with Gasteiger partial charge in [0.15, 0.2) is 0 Å². The lowest BCUT2D eigenvalue weighted by atomic mass is 10.2. The van der Waals surface area contributed by atoms with Crippen LogP contribution in [0.5, 0.6) is 0 Å². The van der Waals surface area contributed by atoms with Crippen LogP contribution in [-0.2, 0) is 11.3 Å². The lowest BCUT2D eigenvalue weighted by Crippen LogP contribution is -2.24. The molecule has 2 heterocycles. The molecule has 2 aromatic heterocycles. The Bertz CT molecular complexity index is 895. The van der Waals surface area contributed by atoms with Gasteiger partial charge in [-0.05, 0) is 19.4 Å². The van der Waals surface area contributed by atoms with Crippen LogP contribution in [0.4, 0.5) is 0 Å². The van der Waals surface area contributed by atoms with E-state index in [1.54, 1.807) is 11.3 Å². The molecule has 0 aliphatic heterocycles. The largest absolute Gasteiger partial charge is 0.481 e. The number of carboxylic acid groups (broad SMARTS) is 1. The van der Waals surface area contributed by atoms with Crippen LogP contribution >= 0.6 is 11.3 Å². The minimum absolute atomic E-state index is 0.0373. The normalized spacial score (nSPS) is 11.3. The van der Waals surface area contributed by atoms with Crippen molar-refractivity contribution in [2.45, 2.75) is 26.3 Å². The highest BCUT2D eigenvalue weighted by atomic mass is 32.1. The molecule has 21 heavy (non-hydrogen) atoms. The monoisotopic (exact) mass is 302 g/mol. The average Bonchev–Trinajstić information content (AvgIpc) is 2.84. The van der Waals surface area contributed by atoms with Gasteiger partial charge in [-0.25, -0.2) is 4.68 Å². The third-order valence-corrected chi connectivity index (χ3v) is 4.68. The second-order valence-corrected chi connectivity index (χ2v) is 5.97. The first-order valence-corrected chi connectivity index (χ1v) is 7.50. The standard InChI is InChI=1S/C15H14N2O3S/c1-9-14-13(10-5-2-3-6-11(10)21-14)15(20)17(16-9)8-4-7-12(18)19/h2-3,5-6H,4,7-8H2,1H3,(H,18,19). The van der Waals surface area contributed by atoms with Gasteiger partial charge in [-0.2, -0.15) is 5.10 Å². The molecule has 0 aliphatic carbocycles. The second-order valence-electron chi connectivity index (χ2n) is 4.91. The van der Waals surface area contributed by atoms with Crippen LogP contribution in [0.1, 0.15) is 18.5 Å². The summed E-state index contributed by atoms with van der Waals surface area (Å²) in [5.74, 6) is -0.859. The number of carbonyl (C=O) groups is 1. The van der Waals surface area contributed by atoms with E-state index in [0.717, 1.165) is 20.5 Å². The lowest BCUT2D eigenvalue weighted by molar-refractivity contribution is -0.137. The average molecular weight is 302 g/mol. The van der Waals surface area contributed by atoms with Gasteiger partial charge in [-0.3, -0.25) is 9.59 Å². The van der Waals surface area contributed by atoms with Gasteiger partial charge in [0.1, 0.15) is 0 Å². The molecule has 0 saturated heterocycles. The van der Waals surface area contributed by atoms with Crippen molar-refractivity contribution >= 4 is 37.5 Å². The number of aryl methyl sites for hydroxylation is 2. The number of hydrogen-bond acceptors (Lipinski definition) is 4. The van der Waals surface area contributed by atoms with E-state index >= 15 is 0 Å². The quantitative estimate of drug-likeness (QED) is 0.804. The summed E-state index contributed by atoms with van der Waals surface area (Å²) in [5.41, 5.74) is 0.666. The predicted molar refractivity (Wildman–Crippen MR) is 83.0 cm³/mol. The van der Waals surface area contributed by atoms with Crippen molar-refractivity contribution in [2.75, 3.05) is 0 Å². The van der Waals surface area contributed by atoms with E-state index in [4.69, 9.17) is 5.11 Å². The second kappa shape index (κ2) is 5.29. The summed E-state index contributed by atoms with van der Waals surface area (Å²) in [7, 11) is 0. The Morgan fingerprint density at radius 3 is 2.90 bits per heavy atom. The molecule has 1 aromatic carbocycles. The van der Waals surface area contributed by atoms with E-state index in [1.165, 1.54) is 4.68 Å². The Labute approximate surface area is 124 Å². The highest BCUT2D eigenvalue weighted by molar-refractivity contribution is 7.26. The molecule has 1 N–H and O–H groups in total. The first kappa shape index (κ1) is 13.8. The van der Waals surface area contributed by atoms with Crippen LogP contribution in [0.2, 0.25) is 0 Å². The molecule has 5 nitrogen and oxygen atoms in total. The third kappa shape index (κ3) is 2.42. The molecule has 6 heteroatoms. The van der Waals surface area contributed by atoms with E-state index in [-0.39, 0.29) is 12.0 Å². The van der Waals surface area contributed by atoms with Gasteiger partial charge < -0.3 is 5.11 Å². The summed E-state index contributed by atoms with van der Waals surface area (Å²) < 4.78 is 3.37. The van der Waals surface area contributed by atoms with E-state index in [0.29, 0.717) is 18.4 Å². The zero-order valence-corrected chi connectivity index (χ0v) is 12.3. The van der Waals surface area contributed by atoms with Gasteiger partial charge in [0.2, 0.25) is 0 Å². The summed E-state index contributed by atoms with van der Waals surface area (Å²) in [6, 6.07) is 7.80. The molecule has 0 radical (unpaired) electrons. The van der Waals surface area contributed by atoms with Crippen molar-refractivity contribution in [3.05, 3.63) is 40.3 Å². The van der Waals surface area contributed by atoms with Crippen molar-refractivity contribution in [1.29, 1.82) is 0 Å². The molecule has 0 unspecified atom stereocenters. The van der Waals surface area contributed by atoms with Gasteiger partial charge in [0.25, 0.3) is 5.56 Å². The van der Waals surface area contributed by atoms with Gasteiger partial charge in [0, 0.05) is 23.1 Å². The molecular weight excluding hydrogens is 288 g/mol. The number of aromatic nitrogens is 2. The van der Waals surface area contributed by atoms with Crippen LogP contribution < -0.4 is 5.56 Å². The maximum atomic E-state index is 12.6. The minimum Gasteiger partial charge on any atom is -0.481 e. The number of carboxylic acids is 1. The predicted octanol–water partition coefficient (Wildman–Crippen LogP) is 2.78. The number of benzene rings is 1. The van der Waals surface area contributed by atoms with E-state index in [9.17, 15) is 9.59 Å². The molecule has 3 rings (SSSR count). The van der Waals surface area contributed by atoms with Gasteiger partial charge >= 0.3 is 5.97 Å². The van der Waals surface area contributed by atoms with E-state index in [1.807, 2.05) is 31.2 Å². The summed E-state index contributed by atoms with van der Waals surface area (Å²) in [6.07, 6.45) is 0.435. The van der Waals surface area contributed by atoms with Crippen molar-refractivity contribution < 1.29 is 9.90 Å². The SMILES string of the molecule is Cc1nn(CCCC(=O)O)c(=O)c2c1sc1ccccc12. The zero-order valence-electron chi connectivity index (χ0n) is 11.5. The molecular formula is C15H14N2O3S. The van der Waals surface area contributed by atoms with Crippen molar-refractivity contribution in [3.63, 3.8) is 0 Å². The number of aliphatic carboxylic acids is 1.